The number of furan rings is 1. The summed E-state index contributed by atoms with van der Waals surface area (Å²) in [6.07, 6.45) is 2.64. The van der Waals surface area contributed by atoms with Gasteiger partial charge in [0.2, 0.25) is 0 Å². The Morgan fingerprint density at radius 2 is 2.38 bits per heavy atom. The number of nitrogens with two attached hydrogens (primary N) is 1. The van der Waals surface area contributed by atoms with E-state index < -0.39 is 0 Å². The third-order valence-corrected chi connectivity index (χ3v) is 3.61. The van der Waals surface area contributed by atoms with E-state index in [9.17, 15) is 0 Å². The zero-order chi connectivity index (χ0) is 11.5. The van der Waals surface area contributed by atoms with Crippen LogP contribution >= 0.6 is 0 Å². The van der Waals surface area contributed by atoms with Gasteiger partial charge in [-0.3, -0.25) is 4.90 Å². The number of likely N-dealkylation sites (tertiary alicyclic amines) is 1. The molecule has 1 saturated heterocycles. The molecule has 2 heterocycles. The number of nitrogens with zero attached hydrogens (tertiary/aromatic N) is 1. The molecule has 0 amide bonds. The van der Waals surface area contributed by atoms with E-state index in [1.807, 2.05) is 6.92 Å². The van der Waals surface area contributed by atoms with E-state index in [-0.39, 0.29) is 0 Å². The number of aryl methyl sites for hydroxylation is 1. The molecular weight excluding hydrogens is 200 g/mol. The van der Waals surface area contributed by atoms with Crippen molar-refractivity contribution in [2.24, 2.45) is 11.7 Å². The first-order chi connectivity index (χ1) is 7.72. The molecule has 1 aromatic rings. The van der Waals surface area contributed by atoms with Gasteiger partial charge >= 0.3 is 0 Å². The fraction of sp³-hybridized carbons (Fsp3) is 0.692. The lowest BCUT2D eigenvalue weighted by Crippen LogP contribution is -2.20. The van der Waals surface area contributed by atoms with E-state index in [1.165, 1.54) is 31.5 Å². The lowest BCUT2D eigenvalue weighted by Gasteiger charge is -2.14. The minimum absolute atomic E-state index is 0.498. The Kier molecular flexibility index (Phi) is 3.66. The predicted molar refractivity (Wildman–Crippen MR) is 65.0 cm³/mol. The molecule has 0 aromatic carbocycles. The van der Waals surface area contributed by atoms with Crippen molar-refractivity contribution in [1.29, 1.82) is 0 Å². The molecule has 0 aliphatic carbocycles. The zero-order valence-corrected chi connectivity index (χ0v) is 10.3. The Bertz CT molecular complexity index is 346. The van der Waals surface area contributed by atoms with Crippen molar-refractivity contribution in [2.45, 2.75) is 39.8 Å². The van der Waals surface area contributed by atoms with Crippen LogP contribution < -0.4 is 5.73 Å². The van der Waals surface area contributed by atoms with E-state index in [2.05, 4.69) is 17.9 Å². The summed E-state index contributed by atoms with van der Waals surface area (Å²) in [5.74, 6) is 2.82. The Morgan fingerprint density at radius 1 is 1.56 bits per heavy atom. The standard InChI is InChI=1S/C13H22N2O/c1-3-11-4-5-15(8-11)9-12-6-13(7-14)16-10(12)2/h6,11H,3-5,7-9,14H2,1-2H3. The maximum absolute atomic E-state index is 5.58. The van der Waals surface area contributed by atoms with Gasteiger partial charge < -0.3 is 10.2 Å². The van der Waals surface area contributed by atoms with Crippen LogP contribution in [0, 0.1) is 12.8 Å². The second-order valence-electron chi connectivity index (χ2n) is 4.80. The Labute approximate surface area is 97.6 Å². The molecule has 1 aliphatic rings. The molecule has 90 valence electrons. The molecule has 0 spiro atoms. The summed E-state index contributed by atoms with van der Waals surface area (Å²) in [6, 6.07) is 2.11. The van der Waals surface area contributed by atoms with Gasteiger partial charge in [0.25, 0.3) is 0 Å². The lowest BCUT2D eigenvalue weighted by molar-refractivity contribution is 0.312. The molecule has 2 rings (SSSR count). The van der Waals surface area contributed by atoms with Gasteiger partial charge in [-0.1, -0.05) is 13.3 Å². The number of hydrogen-bond acceptors (Lipinski definition) is 3. The largest absolute Gasteiger partial charge is 0.465 e. The van der Waals surface area contributed by atoms with Gasteiger partial charge in [0, 0.05) is 18.7 Å². The number of rotatable bonds is 4. The molecule has 1 unspecified atom stereocenters. The van der Waals surface area contributed by atoms with Crippen molar-refractivity contribution in [3.05, 3.63) is 23.2 Å². The number of hydrogen-bond donors (Lipinski definition) is 1. The summed E-state index contributed by atoms with van der Waals surface area (Å²) in [7, 11) is 0. The minimum atomic E-state index is 0.498. The molecule has 0 radical (unpaired) electrons. The summed E-state index contributed by atoms with van der Waals surface area (Å²) in [4.78, 5) is 2.52. The zero-order valence-electron chi connectivity index (χ0n) is 10.3. The Morgan fingerprint density at radius 3 is 2.94 bits per heavy atom. The Hall–Kier alpha value is -0.800. The average molecular weight is 222 g/mol. The van der Waals surface area contributed by atoms with Crippen molar-refractivity contribution < 1.29 is 4.42 Å². The second kappa shape index (κ2) is 5.02. The lowest BCUT2D eigenvalue weighted by atomic mass is 10.1. The SMILES string of the molecule is CCC1CCN(Cc2cc(CN)oc2C)C1. The minimum Gasteiger partial charge on any atom is -0.465 e. The van der Waals surface area contributed by atoms with E-state index in [4.69, 9.17) is 10.2 Å². The van der Waals surface area contributed by atoms with Crippen LogP contribution in [0.4, 0.5) is 0 Å². The maximum Gasteiger partial charge on any atom is 0.118 e. The molecule has 3 nitrogen and oxygen atoms in total. The average Bonchev–Trinajstić information content (AvgIpc) is 2.87. The molecule has 1 fully saturated rings. The van der Waals surface area contributed by atoms with Crippen molar-refractivity contribution in [1.82, 2.24) is 4.90 Å². The summed E-state index contributed by atoms with van der Waals surface area (Å²) >= 11 is 0. The summed E-state index contributed by atoms with van der Waals surface area (Å²) < 4.78 is 5.58. The normalized spacial score (nSPS) is 21.8. The highest BCUT2D eigenvalue weighted by molar-refractivity contribution is 5.20. The summed E-state index contributed by atoms with van der Waals surface area (Å²) in [5.41, 5.74) is 6.88. The fourth-order valence-electron chi connectivity index (χ4n) is 2.48. The third-order valence-electron chi connectivity index (χ3n) is 3.61. The highest BCUT2D eigenvalue weighted by Gasteiger charge is 2.21. The molecule has 2 N–H and O–H groups in total. The van der Waals surface area contributed by atoms with Gasteiger partial charge in [-0.15, -0.1) is 0 Å². The molecule has 16 heavy (non-hydrogen) atoms. The topological polar surface area (TPSA) is 42.4 Å². The molecule has 0 saturated carbocycles. The molecule has 1 aliphatic heterocycles. The van der Waals surface area contributed by atoms with Crippen molar-refractivity contribution in [3.8, 4) is 0 Å². The van der Waals surface area contributed by atoms with Gasteiger partial charge in [0.15, 0.2) is 0 Å². The maximum atomic E-state index is 5.58. The summed E-state index contributed by atoms with van der Waals surface area (Å²) in [6.45, 7) is 8.29. The van der Waals surface area contributed by atoms with E-state index in [0.29, 0.717) is 6.54 Å². The molecular formula is C13H22N2O. The van der Waals surface area contributed by atoms with Gasteiger partial charge in [0.05, 0.1) is 6.54 Å². The van der Waals surface area contributed by atoms with E-state index in [1.54, 1.807) is 0 Å². The van der Waals surface area contributed by atoms with Gasteiger partial charge in [-0.05, 0) is 31.9 Å². The van der Waals surface area contributed by atoms with Crippen molar-refractivity contribution in [3.63, 3.8) is 0 Å². The smallest absolute Gasteiger partial charge is 0.118 e. The van der Waals surface area contributed by atoms with E-state index >= 15 is 0 Å². The van der Waals surface area contributed by atoms with Crippen LogP contribution in [-0.2, 0) is 13.1 Å². The van der Waals surface area contributed by atoms with Crippen molar-refractivity contribution in [2.75, 3.05) is 13.1 Å². The van der Waals surface area contributed by atoms with Crippen LogP contribution in [0.3, 0.4) is 0 Å². The molecule has 3 heteroatoms. The van der Waals surface area contributed by atoms with Crippen LogP contribution in [0.25, 0.3) is 0 Å². The van der Waals surface area contributed by atoms with Crippen LogP contribution in [0.5, 0.6) is 0 Å². The fourth-order valence-corrected chi connectivity index (χ4v) is 2.48. The monoisotopic (exact) mass is 222 g/mol. The Balaban J connectivity index is 1.96. The first-order valence-corrected chi connectivity index (χ1v) is 6.23. The van der Waals surface area contributed by atoms with Crippen LogP contribution in [0.15, 0.2) is 10.5 Å². The molecule has 0 bridgehead atoms. The summed E-state index contributed by atoms with van der Waals surface area (Å²) in [5, 5.41) is 0. The predicted octanol–water partition coefficient (Wildman–Crippen LogP) is 2.28. The molecule has 1 atom stereocenters. The first-order valence-electron chi connectivity index (χ1n) is 6.23. The first kappa shape index (κ1) is 11.7. The van der Waals surface area contributed by atoms with Gasteiger partial charge in [-0.2, -0.15) is 0 Å². The van der Waals surface area contributed by atoms with Gasteiger partial charge in [-0.25, -0.2) is 0 Å². The van der Waals surface area contributed by atoms with Gasteiger partial charge in [0.1, 0.15) is 11.5 Å². The highest BCUT2D eigenvalue weighted by atomic mass is 16.3. The van der Waals surface area contributed by atoms with Crippen LogP contribution in [0.2, 0.25) is 0 Å². The second-order valence-corrected chi connectivity index (χ2v) is 4.80. The highest BCUT2D eigenvalue weighted by Crippen LogP contribution is 2.23. The van der Waals surface area contributed by atoms with Crippen LogP contribution in [-0.4, -0.2) is 18.0 Å². The molecule has 1 aromatic heterocycles. The quantitative estimate of drug-likeness (QED) is 0.850. The third kappa shape index (κ3) is 2.47. The van der Waals surface area contributed by atoms with Crippen molar-refractivity contribution >= 4 is 0 Å². The van der Waals surface area contributed by atoms with Crippen LogP contribution in [0.1, 0.15) is 36.8 Å². The van der Waals surface area contributed by atoms with E-state index in [0.717, 1.165) is 24.0 Å².